The Labute approximate surface area is 200 Å². The molecule has 0 N–H and O–H groups in total. The molecule has 0 unspecified atom stereocenters. The van der Waals surface area contributed by atoms with Crippen LogP contribution in [0.25, 0.3) is 43.4 Å². The Hall–Kier alpha value is -3.04. The summed E-state index contributed by atoms with van der Waals surface area (Å²) in [5, 5.41) is 6.05. The Morgan fingerprint density at radius 1 is 0.818 bits per heavy atom. The second-order valence-corrected chi connectivity index (χ2v) is 11.3. The van der Waals surface area contributed by atoms with E-state index >= 15 is 0 Å². The molecule has 5 rings (SSSR count). The van der Waals surface area contributed by atoms with E-state index in [2.05, 4.69) is 111 Å². The molecular weight excluding hydrogens is 420 g/mol. The van der Waals surface area contributed by atoms with Gasteiger partial charge in [-0.2, -0.15) is 0 Å². The predicted molar refractivity (Wildman–Crippen MR) is 143 cm³/mol. The molecule has 0 aliphatic rings. The van der Waals surface area contributed by atoms with Crippen LogP contribution < -0.4 is 0 Å². The quantitative estimate of drug-likeness (QED) is 0.274. The summed E-state index contributed by atoms with van der Waals surface area (Å²) >= 11 is 1.83. The Morgan fingerprint density at radius 3 is 2.24 bits per heavy atom. The van der Waals surface area contributed by atoms with Crippen LogP contribution in [0, 0.1) is 5.92 Å². The van der Waals surface area contributed by atoms with Crippen molar-refractivity contribution in [2.24, 2.45) is 5.92 Å². The molecule has 2 heterocycles. The van der Waals surface area contributed by atoms with Gasteiger partial charge < -0.3 is 0 Å². The molecule has 5 aromatic rings. The van der Waals surface area contributed by atoms with Crippen molar-refractivity contribution in [1.82, 2.24) is 9.97 Å². The monoisotopic (exact) mass is 450 g/mol. The molecule has 0 spiro atoms. The van der Waals surface area contributed by atoms with Crippen molar-refractivity contribution in [3.8, 4) is 22.5 Å². The molecule has 0 atom stereocenters. The molecule has 0 bridgehead atoms. The molecule has 0 radical (unpaired) electrons. The van der Waals surface area contributed by atoms with E-state index in [9.17, 15) is 0 Å². The zero-order valence-corrected chi connectivity index (χ0v) is 20.8. The molecule has 3 aromatic carbocycles. The van der Waals surface area contributed by atoms with Crippen molar-refractivity contribution in [1.29, 1.82) is 0 Å². The SMILES string of the molecule is CC(C)Cc1cc(-c2cc(-c3cc(C(C)(C)C)c4ccccc4c3)ncn2)cc2ccsc12. The van der Waals surface area contributed by atoms with Crippen molar-refractivity contribution >= 4 is 32.2 Å². The van der Waals surface area contributed by atoms with Gasteiger partial charge in [0.15, 0.2) is 0 Å². The molecular formula is C30H30N2S. The van der Waals surface area contributed by atoms with Crippen LogP contribution in [0.4, 0.5) is 0 Å². The van der Waals surface area contributed by atoms with Crippen LogP contribution in [0.2, 0.25) is 0 Å². The average molecular weight is 451 g/mol. The molecule has 3 heteroatoms. The Kier molecular flexibility index (Phi) is 5.54. The summed E-state index contributed by atoms with van der Waals surface area (Å²) < 4.78 is 1.39. The Bertz CT molecular complexity index is 1450. The van der Waals surface area contributed by atoms with Crippen molar-refractivity contribution in [2.45, 2.75) is 46.5 Å². The average Bonchev–Trinajstić information content (AvgIpc) is 3.26. The molecule has 0 fully saturated rings. The van der Waals surface area contributed by atoms with Crippen LogP contribution in [-0.2, 0) is 11.8 Å². The number of hydrogen-bond acceptors (Lipinski definition) is 3. The second kappa shape index (κ2) is 8.39. The summed E-state index contributed by atoms with van der Waals surface area (Å²) in [6.45, 7) is 11.4. The van der Waals surface area contributed by atoms with E-state index in [0.29, 0.717) is 5.92 Å². The zero-order valence-electron chi connectivity index (χ0n) is 20.0. The summed E-state index contributed by atoms with van der Waals surface area (Å²) in [7, 11) is 0. The summed E-state index contributed by atoms with van der Waals surface area (Å²) in [5.41, 5.74) is 7.04. The Balaban J connectivity index is 1.65. The number of hydrogen-bond donors (Lipinski definition) is 0. The van der Waals surface area contributed by atoms with Gasteiger partial charge in [0.05, 0.1) is 11.4 Å². The van der Waals surface area contributed by atoms with Gasteiger partial charge in [-0.3, -0.25) is 0 Å². The van der Waals surface area contributed by atoms with E-state index in [1.54, 1.807) is 6.33 Å². The summed E-state index contributed by atoms with van der Waals surface area (Å²) in [6, 6.07) is 22.2. The van der Waals surface area contributed by atoms with Crippen molar-refractivity contribution < 1.29 is 0 Å². The van der Waals surface area contributed by atoms with Crippen molar-refractivity contribution in [2.75, 3.05) is 0 Å². The van der Waals surface area contributed by atoms with Crippen molar-refractivity contribution in [3.05, 3.63) is 83.5 Å². The minimum absolute atomic E-state index is 0.0429. The minimum atomic E-state index is 0.0429. The fourth-order valence-electron chi connectivity index (χ4n) is 4.65. The third-order valence-electron chi connectivity index (χ3n) is 6.18. The van der Waals surface area contributed by atoms with E-state index < -0.39 is 0 Å². The molecule has 166 valence electrons. The van der Waals surface area contributed by atoms with Gasteiger partial charge in [-0.25, -0.2) is 9.97 Å². The molecule has 2 aromatic heterocycles. The fourth-order valence-corrected chi connectivity index (χ4v) is 5.56. The van der Waals surface area contributed by atoms with Gasteiger partial charge in [0.1, 0.15) is 6.33 Å². The van der Waals surface area contributed by atoms with Gasteiger partial charge in [-0.05, 0) is 86.8 Å². The lowest BCUT2D eigenvalue weighted by Crippen LogP contribution is -2.12. The third kappa shape index (κ3) is 4.30. The number of fused-ring (bicyclic) bond motifs is 2. The van der Waals surface area contributed by atoms with E-state index in [-0.39, 0.29) is 5.41 Å². The third-order valence-corrected chi connectivity index (χ3v) is 7.19. The molecule has 33 heavy (non-hydrogen) atoms. The Morgan fingerprint density at radius 2 is 1.52 bits per heavy atom. The molecule has 0 saturated carbocycles. The predicted octanol–water partition coefficient (Wildman–Crippen LogP) is 8.67. The molecule has 2 nitrogen and oxygen atoms in total. The number of aromatic nitrogens is 2. The first-order valence-corrected chi connectivity index (χ1v) is 12.5. The summed E-state index contributed by atoms with van der Waals surface area (Å²) in [6.07, 6.45) is 2.78. The first-order valence-electron chi connectivity index (χ1n) is 11.7. The maximum absolute atomic E-state index is 4.68. The normalized spacial score (nSPS) is 12.2. The molecule has 0 aliphatic carbocycles. The van der Waals surface area contributed by atoms with Crippen LogP contribution in [0.1, 0.15) is 45.7 Å². The van der Waals surface area contributed by atoms with Crippen LogP contribution in [0.5, 0.6) is 0 Å². The largest absolute Gasteiger partial charge is 0.236 e. The fraction of sp³-hybridized carbons (Fsp3) is 0.267. The zero-order chi connectivity index (χ0) is 23.2. The number of thiophene rings is 1. The molecule has 0 aliphatic heterocycles. The standard InChI is InChI=1S/C30H30N2S/c1-19(2)12-24-15-22(14-21-10-11-33-29(21)24)27-17-28(32-18-31-27)23-13-20-8-6-7-9-25(20)26(16-23)30(3,4)5/h6-11,13-19H,12H2,1-5H3. The minimum Gasteiger partial charge on any atom is -0.236 e. The maximum Gasteiger partial charge on any atom is 0.116 e. The summed E-state index contributed by atoms with van der Waals surface area (Å²) in [5.74, 6) is 0.611. The van der Waals surface area contributed by atoms with Crippen LogP contribution >= 0.6 is 11.3 Å². The maximum atomic E-state index is 4.68. The van der Waals surface area contributed by atoms with Crippen LogP contribution in [0.3, 0.4) is 0 Å². The second-order valence-electron chi connectivity index (χ2n) is 10.4. The van der Waals surface area contributed by atoms with Crippen molar-refractivity contribution in [3.63, 3.8) is 0 Å². The van der Waals surface area contributed by atoms with Gasteiger partial charge in [0.25, 0.3) is 0 Å². The van der Waals surface area contributed by atoms with Crippen LogP contribution in [-0.4, -0.2) is 9.97 Å². The van der Waals surface area contributed by atoms with E-state index in [4.69, 9.17) is 0 Å². The topological polar surface area (TPSA) is 25.8 Å². The summed E-state index contributed by atoms with van der Waals surface area (Å²) in [4.78, 5) is 9.35. The first-order chi connectivity index (χ1) is 15.8. The molecule has 0 saturated heterocycles. The van der Waals surface area contributed by atoms with Gasteiger partial charge in [-0.1, -0.05) is 58.9 Å². The lowest BCUT2D eigenvalue weighted by molar-refractivity contribution is 0.596. The highest BCUT2D eigenvalue weighted by Crippen LogP contribution is 2.36. The van der Waals surface area contributed by atoms with Crippen LogP contribution in [0.15, 0.2) is 72.4 Å². The number of rotatable bonds is 4. The van der Waals surface area contributed by atoms with Gasteiger partial charge in [-0.15, -0.1) is 11.3 Å². The molecule has 0 amide bonds. The highest BCUT2D eigenvalue weighted by atomic mass is 32.1. The lowest BCUT2D eigenvalue weighted by Gasteiger charge is -2.22. The smallest absolute Gasteiger partial charge is 0.116 e. The van der Waals surface area contributed by atoms with Gasteiger partial charge in [0.2, 0.25) is 0 Å². The van der Waals surface area contributed by atoms with E-state index in [1.807, 2.05) is 11.3 Å². The number of nitrogens with zero attached hydrogens (tertiary/aromatic N) is 2. The van der Waals surface area contributed by atoms with E-state index in [0.717, 1.165) is 28.9 Å². The van der Waals surface area contributed by atoms with Gasteiger partial charge >= 0.3 is 0 Å². The number of benzene rings is 3. The van der Waals surface area contributed by atoms with Gasteiger partial charge in [0, 0.05) is 15.8 Å². The highest BCUT2D eigenvalue weighted by Gasteiger charge is 2.19. The highest BCUT2D eigenvalue weighted by molar-refractivity contribution is 7.17. The lowest BCUT2D eigenvalue weighted by atomic mass is 9.82. The first kappa shape index (κ1) is 21.8. The van der Waals surface area contributed by atoms with E-state index in [1.165, 1.54) is 32.0 Å².